The van der Waals surface area contributed by atoms with Crippen LogP contribution < -0.4 is 5.32 Å². The molecule has 0 aromatic heterocycles. The summed E-state index contributed by atoms with van der Waals surface area (Å²) < 4.78 is 5.47. The molecule has 4 bridgehead atoms. The van der Waals surface area contributed by atoms with E-state index < -0.39 is 0 Å². The highest BCUT2D eigenvalue weighted by atomic mass is 16.5. The van der Waals surface area contributed by atoms with Gasteiger partial charge >= 0.3 is 0 Å². The Balaban J connectivity index is 1.38. The molecule has 1 aliphatic heterocycles. The molecule has 106 valence electrons. The molecule has 5 rings (SSSR count). The zero-order chi connectivity index (χ0) is 12.9. The van der Waals surface area contributed by atoms with Crippen LogP contribution in [0.15, 0.2) is 0 Å². The molecule has 5 aliphatic rings. The van der Waals surface area contributed by atoms with E-state index in [-0.39, 0.29) is 12.0 Å². The standard InChI is InChI=1S/C16H25NO2/c18-15(14-2-1-3-19-14)17-10-16-7-11-4-12(8-16)6-13(5-11)9-16/h11-14H,1-10H2,(H,17,18)/t11?,12?,13?,14-,16?/m1/s1. The van der Waals surface area contributed by atoms with Gasteiger partial charge in [0, 0.05) is 13.2 Å². The van der Waals surface area contributed by atoms with E-state index in [0.29, 0.717) is 5.41 Å². The summed E-state index contributed by atoms with van der Waals surface area (Å²) in [5.41, 5.74) is 0.447. The Labute approximate surface area is 115 Å². The SMILES string of the molecule is O=C(NCC12CC3CC(CC(C3)C1)C2)[C@H]1CCCO1. The van der Waals surface area contributed by atoms with Gasteiger partial charge in [0.25, 0.3) is 0 Å². The minimum Gasteiger partial charge on any atom is -0.368 e. The van der Waals surface area contributed by atoms with Crippen LogP contribution in [0.3, 0.4) is 0 Å². The number of ether oxygens (including phenoxy) is 1. The molecule has 1 atom stereocenters. The van der Waals surface area contributed by atoms with Gasteiger partial charge < -0.3 is 10.1 Å². The van der Waals surface area contributed by atoms with Crippen LogP contribution in [0.5, 0.6) is 0 Å². The van der Waals surface area contributed by atoms with E-state index in [1.165, 1.54) is 38.5 Å². The first-order valence-electron chi connectivity index (χ1n) is 8.12. The van der Waals surface area contributed by atoms with Gasteiger partial charge in [-0.3, -0.25) is 4.79 Å². The molecule has 0 radical (unpaired) electrons. The van der Waals surface area contributed by atoms with Gasteiger partial charge in [0.15, 0.2) is 0 Å². The number of hydrogen-bond donors (Lipinski definition) is 1. The first kappa shape index (κ1) is 12.2. The second-order valence-electron chi connectivity index (χ2n) is 7.64. The number of carbonyl (C=O) groups excluding carboxylic acids is 1. The van der Waals surface area contributed by atoms with Crippen molar-refractivity contribution in [2.45, 2.75) is 57.5 Å². The molecule has 1 N–H and O–H groups in total. The molecule has 0 aromatic rings. The van der Waals surface area contributed by atoms with Crippen molar-refractivity contribution in [3.05, 3.63) is 0 Å². The summed E-state index contributed by atoms with van der Waals surface area (Å²) in [4.78, 5) is 12.1. The van der Waals surface area contributed by atoms with Crippen LogP contribution in [0.4, 0.5) is 0 Å². The van der Waals surface area contributed by atoms with Crippen molar-refractivity contribution in [2.75, 3.05) is 13.2 Å². The van der Waals surface area contributed by atoms with Crippen molar-refractivity contribution in [1.29, 1.82) is 0 Å². The Bertz CT molecular complexity index is 338. The first-order valence-corrected chi connectivity index (χ1v) is 8.12. The topological polar surface area (TPSA) is 38.3 Å². The summed E-state index contributed by atoms with van der Waals surface area (Å²) in [6.07, 6.45) is 10.3. The number of carbonyl (C=O) groups is 1. The van der Waals surface area contributed by atoms with Gasteiger partial charge in [-0.05, 0) is 74.5 Å². The maximum atomic E-state index is 12.1. The van der Waals surface area contributed by atoms with E-state index in [0.717, 1.165) is 43.7 Å². The highest BCUT2D eigenvalue weighted by Gasteiger charge is 2.50. The molecule has 0 aromatic carbocycles. The van der Waals surface area contributed by atoms with Crippen molar-refractivity contribution < 1.29 is 9.53 Å². The predicted octanol–water partition coefficient (Wildman–Crippen LogP) is 2.50. The largest absolute Gasteiger partial charge is 0.368 e. The van der Waals surface area contributed by atoms with Gasteiger partial charge in [0.1, 0.15) is 6.10 Å². The maximum absolute atomic E-state index is 12.1. The fourth-order valence-corrected chi connectivity index (χ4v) is 5.68. The third-order valence-corrected chi connectivity index (χ3v) is 6.02. The molecule has 5 fully saturated rings. The number of nitrogens with one attached hydrogen (secondary N) is 1. The van der Waals surface area contributed by atoms with Gasteiger partial charge in [-0.15, -0.1) is 0 Å². The molecular formula is C16H25NO2. The van der Waals surface area contributed by atoms with Crippen LogP contribution in [-0.2, 0) is 9.53 Å². The average Bonchev–Trinajstić information content (AvgIpc) is 2.88. The highest BCUT2D eigenvalue weighted by Crippen LogP contribution is 2.59. The number of amides is 1. The van der Waals surface area contributed by atoms with E-state index >= 15 is 0 Å². The van der Waals surface area contributed by atoms with Crippen LogP contribution in [0.1, 0.15) is 51.4 Å². The van der Waals surface area contributed by atoms with Crippen molar-refractivity contribution in [1.82, 2.24) is 5.32 Å². The van der Waals surface area contributed by atoms with E-state index in [1.807, 2.05) is 0 Å². The predicted molar refractivity (Wildman–Crippen MR) is 72.6 cm³/mol. The second-order valence-corrected chi connectivity index (χ2v) is 7.64. The lowest BCUT2D eigenvalue weighted by atomic mass is 9.49. The van der Waals surface area contributed by atoms with Crippen LogP contribution in [-0.4, -0.2) is 25.2 Å². The fraction of sp³-hybridized carbons (Fsp3) is 0.938. The van der Waals surface area contributed by atoms with E-state index in [9.17, 15) is 4.79 Å². The third kappa shape index (κ3) is 2.20. The Morgan fingerprint density at radius 2 is 1.74 bits per heavy atom. The Kier molecular flexibility index (Phi) is 2.87. The zero-order valence-corrected chi connectivity index (χ0v) is 11.7. The van der Waals surface area contributed by atoms with Crippen molar-refractivity contribution in [2.24, 2.45) is 23.2 Å². The van der Waals surface area contributed by atoms with E-state index in [1.54, 1.807) is 0 Å². The van der Waals surface area contributed by atoms with Crippen LogP contribution in [0.25, 0.3) is 0 Å². The monoisotopic (exact) mass is 263 g/mol. The molecule has 1 amide bonds. The van der Waals surface area contributed by atoms with Crippen molar-refractivity contribution in [3.8, 4) is 0 Å². The zero-order valence-electron chi connectivity index (χ0n) is 11.7. The molecular weight excluding hydrogens is 238 g/mol. The number of hydrogen-bond acceptors (Lipinski definition) is 2. The molecule has 0 spiro atoms. The molecule has 1 saturated heterocycles. The van der Waals surface area contributed by atoms with Crippen molar-refractivity contribution >= 4 is 5.91 Å². The number of rotatable bonds is 3. The minimum atomic E-state index is -0.158. The molecule has 1 heterocycles. The van der Waals surface area contributed by atoms with Gasteiger partial charge in [0.05, 0.1) is 0 Å². The van der Waals surface area contributed by atoms with Crippen LogP contribution in [0, 0.1) is 23.2 Å². The highest BCUT2D eigenvalue weighted by molar-refractivity contribution is 5.81. The Hall–Kier alpha value is -0.570. The van der Waals surface area contributed by atoms with Crippen LogP contribution >= 0.6 is 0 Å². The summed E-state index contributed by atoms with van der Waals surface area (Å²) in [6, 6.07) is 0. The molecule has 19 heavy (non-hydrogen) atoms. The Morgan fingerprint density at radius 1 is 1.11 bits per heavy atom. The third-order valence-electron chi connectivity index (χ3n) is 6.02. The Morgan fingerprint density at radius 3 is 2.26 bits per heavy atom. The minimum absolute atomic E-state index is 0.147. The first-order chi connectivity index (χ1) is 9.22. The normalized spacial score (nSPS) is 47.6. The molecule has 3 nitrogen and oxygen atoms in total. The summed E-state index contributed by atoms with van der Waals surface area (Å²) >= 11 is 0. The van der Waals surface area contributed by atoms with Gasteiger partial charge in [-0.1, -0.05) is 0 Å². The molecule has 0 unspecified atom stereocenters. The summed E-state index contributed by atoms with van der Waals surface area (Å²) in [7, 11) is 0. The van der Waals surface area contributed by atoms with Gasteiger partial charge in [0.2, 0.25) is 5.91 Å². The van der Waals surface area contributed by atoms with Crippen LogP contribution in [0.2, 0.25) is 0 Å². The fourth-order valence-electron chi connectivity index (χ4n) is 5.68. The maximum Gasteiger partial charge on any atom is 0.249 e. The summed E-state index contributed by atoms with van der Waals surface area (Å²) in [5.74, 6) is 3.04. The van der Waals surface area contributed by atoms with E-state index in [2.05, 4.69) is 5.32 Å². The second kappa shape index (κ2) is 4.47. The average molecular weight is 263 g/mol. The molecule has 4 saturated carbocycles. The van der Waals surface area contributed by atoms with Crippen molar-refractivity contribution in [3.63, 3.8) is 0 Å². The molecule has 4 aliphatic carbocycles. The van der Waals surface area contributed by atoms with Gasteiger partial charge in [-0.25, -0.2) is 0 Å². The molecule has 3 heteroatoms. The smallest absolute Gasteiger partial charge is 0.249 e. The lowest BCUT2D eigenvalue weighted by Crippen LogP contribution is -2.52. The summed E-state index contributed by atoms with van der Waals surface area (Å²) in [5, 5.41) is 3.22. The lowest BCUT2D eigenvalue weighted by molar-refractivity contribution is -0.132. The summed E-state index contributed by atoms with van der Waals surface area (Å²) in [6.45, 7) is 1.67. The van der Waals surface area contributed by atoms with E-state index in [4.69, 9.17) is 4.74 Å². The lowest BCUT2D eigenvalue weighted by Gasteiger charge is -2.57. The van der Waals surface area contributed by atoms with Gasteiger partial charge in [-0.2, -0.15) is 0 Å². The quantitative estimate of drug-likeness (QED) is 0.849.